The van der Waals surface area contributed by atoms with Gasteiger partial charge < -0.3 is 15.0 Å². The largest absolute Gasteiger partial charge is 0.477 e. The number of piperidine rings is 1. The van der Waals surface area contributed by atoms with Crippen LogP contribution in [0.5, 0.6) is 0 Å². The van der Waals surface area contributed by atoms with Crippen molar-refractivity contribution >= 4 is 28.6 Å². The number of carboxylic acid groups (broad SMARTS) is 1. The van der Waals surface area contributed by atoms with Crippen molar-refractivity contribution < 1.29 is 18.7 Å². The second kappa shape index (κ2) is 6.66. The summed E-state index contributed by atoms with van der Waals surface area (Å²) in [6.07, 6.45) is 4.39. The molecular formula is C18H18F2N2O3S. The summed E-state index contributed by atoms with van der Waals surface area (Å²) in [5.41, 5.74) is -1.29. The Kier molecular flexibility index (Phi) is 4.48. The highest BCUT2D eigenvalue weighted by Crippen LogP contribution is 2.40. The Morgan fingerprint density at radius 2 is 1.92 bits per heavy atom. The third-order valence-electron chi connectivity index (χ3n) is 4.91. The van der Waals surface area contributed by atoms with Gasteiger partial charge in [0.25, 0.3) is 0 Å². The maximum absolute atomic E-state index is 15.3. The third kappa shape index (κ3) is 3.01. The van der Waals surface area contributed by atoms with E-state index >= 15 is 4.39 Å². The van der Waals surface area contributed by atoms with Gasteiger partial charge in [-0.15, -0.1) is 11.8 Å². The van der Waals surface area contributed by atoms with Crippen LogP contribution in [0, 0.1) is 11.6 Å². The number of carbonyl (C=O) groups is 1. The minimum Gasteiger partial charge on any atom is -0.477 e. The molecule has 8 heteroatoms. The third-order valence-corrected chi connectivity index (χ3v) is 6.32. The lowest BCUT2D eigenvalue weighted by molar-refractivity contribution is 0.0694. The van der Waals surface area contributed by atoms with Gasteiger partial charge in [0.2, 0.25) is 5.43 Å². The van der Waals surface area contributed by atoms with Crippen LogP contribution in [0.2, 0.25) is 0 Å². The van der Waals surface area contributed by atoms with E-state index in [0.29, 0.717) is 0 Å². The number of halogens is 2. The molecule has 26 heavy (non-hydrogen) atoms. The number of aromatic nitrogens is 1. The van der Waals surface area contributed by atoms with E-state index in [0.717, 1.165) is 44.8 Å². The number of pyridine rings is 1. The van der Waals surface area contributed by atoms with Crippen LogP contribution < -0.4 is 10.7 Å². The van der Waals surface area contributed by atoms with Gasteiger partial charge in [-0.05, 0) is 44.8 Å². The van der Waals surface area contributed by atoms with Crippen molar-refractivity contribution in [3.05, 3.63) is 39.7 Å². The standard InChI is InChI=1S/C18H18F2N2O3S/c19-13-7-11-15(14(20)17(13)26-10-3-5-21-6-4-10)22(9-1-2-9)8-12(16(11)23)18(24)25/h7-10,21H,1-6H2,(H,24,25). The van der Waals surface area contributed by atoms with Gasteiger partial charge in [0.15, 0.2) is 5.82 Å². The average molecular weight is 380 g/mol. The average Bonchev–Trinajstić information content (AvgIpc) is 3.45. The van der Waals surface area contributed by atoms with Gasteiger partial charge in [-0.1, -0.05) is 0 Å². The molecule has 1 saturated heterocycles. The number of thioether (sulfide) groups is 1. The Morgan fingerprint density at radius 3 is 2.54 bits per heavy atom. The molecule has 1 aromatic heterocycles. The molecule has 2 aliphatic rings. The highest BCUT2D eigenvalue weighted by Gasteiger charge is 2.30. The van der Waals surface area contributed by atoms with Crippen LogP contribution in [0.1, 0.15) is 42.1 Å². The fourth-order valence-electron chi connectivity index (χ4n) is 3.41. The molecule has 4 rings (SSSR count). The number of benzene rings is 1. The number of aromatic carboxylic acids is 1. The molecule has 2 N–H and O–H groups in total. The summed E-state index contributed by atoms with van der Waals surface area (Å²) in [6, 6.07) is 0.947. The molecule has 0 atom stereocenters. The first-order valence-corrected chi connectivity index (χ1v) is 9.53. The Morgan fingerprint density at radius 1 is 1.23 bits per heavy atom. The summed E-state index contributed by atoms with van der Waals surface area (Å²) in [5.74, 6) is -2.95. The number of nitrogens with zero attached hydrogens (tertiary/aromatic N) is 1. The lowest BCUT2D eigenvalue weighted by Crippen LogP contribution is -2.29. The SMILES string of the molecule is O=C(O)c1cn(C2CC2)c2c(F)c(SC3CCNCC3)c(F)cc2c1=O. The van der Waals surface area contributed by atoms with Gasteiger partial charge in [0, 0.05) is 17.5 Å². The zero-order chi connectivity index (χ0) is 18.4. The molecule has 0 bridgehead atoms. The molecule has 0 radical (unpaired) electrons. The Balaban J connectivity index is 1.90. The van der Waals surface area contributed by atoms with Gasteiger partial charge in [-0.25, -0.2) is 13.6 Å². The predicted octanol–water partition coefficient (Wildman–Crippen LogP) is 3.16. The minimum absolute atomic E-state index is 0.0142. The van der Waals surface area contributed by atoms with E-state index in [2.05, 4.69) is 5.32 Å². The van der Waals surface area contributed by atoms with E-state index in [9.17, 15) is 19.1 Å². The van der Waals surface area contributed by atoms with E-state index < -0.39 is 28.6 Å². The van der Waals surface area contributed by atoms with Crippen LogP contribution in [0.15, 0.2) is 22.0 Å². The Bertz CT molecular complexity index is 950. The van der Waals surface area contributed by atoms with Crippen LogP contribution in [0.4, 0.5) is 8.78 Å². The van der Waals surface area contributed by atoms with Crippen LogP contribution in [-0.2, 0) is 0 Å². The molecule has 138 valence electrons. The van der Waals surface area contributed by atoms with Crippen molar-refractivity contribution in [2.24, 2.45) is 0 Å². The summed E-state index contributed by atoms with van der Waals surface area (Å²) in [5, 5.41) is 12.4. The number of nitrogens with one attached hydrogen (secondary N) is 1. The topological polar surface area (TPSA) is 71.3 Å². The van der Waals surface area contributed by atoms with Crippen molar-refractivity contribution in [1.82, 2.24) is 9.88 Å². The summed E-state index contributed by atoms with van der Waals surface area (Å²) < 4.78 is 31.4. The van der Waals surface area contributed by atoms with E-state index in [1.165, 1.54) is 22.5 Å². The summed E-state index contributed by atoms with van der Waals surface area (Å²) in [6.45, 7) is 1.62. The fraction of sp³-hybridized carbons (Fsp3) is 0.444. The number of carboxylic acids is 1. The van der Waals surface area contributed by atoms with Gasteiger partial charge in [-0.2, -0.15) is 0 Å². The highest BCUT2D eigenvalue weighted by molar-refractivity contribution is 8.00. The lowest BCUT2D eigenvalue weighted by atomic mass is 10.1. The van der Waals surface area contributed by atoms with Gasteiger partial charge in [0.05, 0.1) is 15.8 Å². The molecule has 0 amide bonds. The first kappa shape index (κ1) is 17.5. The Hall–Kier alpha value is -1.93. The van der Waals surface area contributed by atoms with Crippen molar-refractivity contribution in [2.45, 2.75) is 41.9 Å². The van der Waals surface area contributed by atoms with Crippen molar-refractivity contribution in [1.29, 1.82) is 0 Å². The van der Waals surface area contributed by atoms with E-state index in [4.69, 9.17) is 0 Å². The smallest absolute Gasteiger partial charge is 0.341 e. The Labute approximate surface area is 152 Å². The zero-order valence-electron chi connectivity index (χ0n) is 13.9. The van der Waals surface area contributed by atoms with Gasteiger partial charge in [0.1, 0.15) is 11.4 Å². The number of hydrogen-bond donors (Lipinski definition) is 2. The summed E-state index contributed by atoms with van der Waals surface area (Å²) in [4.78, 5) is 23.7. The maximum Gasteiger partial charge on any atom is 0.341 e. The number of fused-ring (bicyclic) bond motifs is 1. The molecule has 1 saturated carbocycles. The second-order valence-electron chi connectivity index (χ2n) is 6.78. The molecule has 2 heterocycles. The van der Waals surface area contributed by atoms with Crippen molar-refractivity contribution in [3.63, 3.8) is 0 Å². The van der Waals surface area contributed by atoms with Crippen LogP contribution in [0.25, 0.3) is 10.9 Å². The quantitative estimate of drug-likeness (QED) is 0.853. The molecule has 1 aliphatic carbocycles. The number of hydrogen-bond acceptors (Lipinski definition) is 4. The normalized spacial score (nSPS) is 18.4. The predicted molar refractivity (Wildman–Crippen MR) is 95.1 cm³/mol. The lowest BCUT2D eigenvalue weighted by Gasteiger charge is -2.23. The van der Waals surface area contributed by atoms with Gasteiger partial charge in [-0.3, -0.25) is 4.79 Å². The summed E-state index contributed by atoms with van der Waals surface area (Å²) >= 11 is 1.17. The highest BCUT2D eigenvalue weighted by atomic mass is 32.2. The monoisotopic (exact) mass is 380 g/mol. The first-order valence-electron chi connectivity index (χ1n) is 8.65. The molecule has 5 nitrogen and oxygen atoms in total. The van der Waals surface area contributed by atoms with Crippen LogP contribution in [-0.4, -0.2) is 34.0 Å². The molecule has 1 aliphatic heterocycles. The zero-order valence-corrected chi connectivity index (χ0v) is 14.7. The van der Waals surface area contributed by atoms with Crippen molar-refractivity contribution in [3.8, 4) is 0 Å². The van der Waals surface area contributed by atoms with Crippen LogP contribution in [0.3, 0.4) is 0 Å². The molecule has 0 unspecified atom stereocenters. The van der Waals surface area contributed by atoms with Crippen molar-refractivity contribution in [2.75, 3.05) is 13.1 Å². The number of rotatable bonds is 4. The second-order valence-corrected chi connectivity index (χ2v) is 8.09. The maximum atomic E-state index is 15.3. The van der Waals surface area contributed by atoms with E-state index in [1.807, 2.05) is 0 Å². The first-order chi connectivity index (χ1) is 12.5. The fourth-order valence-corrected chi connectivity index (χ4v) is 4.58. The summed E-state index contributed by atoms with van der Waals surface area (Å²) in [7, 11) is 0. The molecule has 1 aromatic carbocycles. The molecule has 2 fully saturated rings. The molecular weight excluding hydrogens is 362 g/mol. The van der Waals surface area contributed by atoms with E-state index in [1.54, 1.807) is 0 Å². The molecule has 0 spiro atoms. The minimum atomic E-state index is -1.39. The van der Waals surface area contributed by atoms with Gasteiger partial charge >= 0.3 is 5.97 Å². The molecule has 2 aromatic rings. The van der Waals surface area contributed by atoms with E-state index in [-0.39, 0.29) is 27.1 Å². The van der Waals surface area contributed by atoms with Crippen LogP contribution >= 0.6 is 11.8 Å².